The third-order valence-electron chi connectivity index (χ3n) is 3.60. The third kappa shape index (κ3) is 3.39. The Hall–Kier alpha value is -0.680. The van der Waals surface area contributed by atoms with Gasteiger partial charge < -0.3 is 10.6 Å². The molecule has 1 fully saturated rings. The molecule has 0 aliphatic carbocycles. The number of likely N-dealkylation sites (N-methyl/N-ethyl adjacent to an activating group) is 1. The zero-order chi connectivity index (χ0) is 13.0. The van der Waals surface area contributed by atoms with Gasteiger partial charge in [-0.2, -0.15) is 0 Å². The molecule has 5 heteroatoms. The van der Waals surface area contributed by atoms with E-state index in [0.717, 1.165) is 32.6 Å². The number of rotatable bonds is 5. The van der Waals surface area contributed by atoms with Crippen LogP contribution >= 0.6 is 12.2 Å². The number of carbonyl (C=O) groups is 1. The molecule has 98 valence electrons. The molecule has 0 aromatic carbocycles. The Balaban J connectivity index is 2.55. The van der Waals surface area contributed by atoms with Crippen LogP contribution < -0.4 is 5.73 Å². The van der Waals surface area contributed by atoms with Gasteiger partial charge in [-0.25, -0.2) is 0 Å². The van der Waals surface area contributed by atoms with Gasteiger partial charge in [0.15, 0.2) is 0 Å². The smallest absolute Gasteiger partial charge is 0.232 e. The molecule has 0 saturated carbocycles. The van der Waals surface area contributed by atoms with E-state index in [2.05, 4.69) is 18.7 Å². The van der Waals surface area contributed by atoms with Gasteiger partial charge in [-0.05, 0) is 26.4 Å². The fraction of sp³-hybridized carbons (Fsp3) is 0.833. The van der Waals surface area contributed by atoms with Crippen molar-refractivity contribution in [2.45, 2.75) is 33.2 Å². The fourth-order valence-electron chi connectivity index (χ4n) is 2.38. The first-order valence-electron chi connectivity index (χ1n) is 6.33. The van der Waals surface area contributed by atoms with Crippen molar-refractivity contribution in [3.8, 4) is 0 Å². The number of amides is 1. The van der Waals surface area contributed by atoms with Crippen molar-refractivity contribution in [2.75, 3.05) is 26.2 Å². The average Bonchev–Trinajstić information content (AvgIpc) is 2.78. The highest BCUT2D eigenvalue weighted by atomic mass is 32.1. The first-order chi connectivity index (χ1) is 8.01. The number of nitrogens with zero attached hydrogens (tertiary/aromatic N) is 2. The molecule has 4 nitrogen and oxygen atoms in total. The Bertz CT molecular complexity index is 291. The van der Waals surface area contributed by atoms with Crippen molar-refractivity contribution in [2.24, 2.45) is 11.7 Å². The molecule has 0 radical (unpaired) electrons. The van der Waals surface area contributed by atoms with Gasteiger partial charge in [0.1, 0.15) is 0 Å². The Kier molecular flexibility index (Phi) is 5.33. The van der Waals surface area contributed by atoms with E-state index >= 15 is 0 Å². The maximum Gasteiger partial charge on any atom is 0.232 e. The summed E-state index contributed by atoms with van der Waals surface area (Å²) in [6.07, 6.45) is 1.05. The molecule has 1 rings (SSSR count). The van der Waals surface area contributed by atoms with Crippen LogP contribution in [0.5, 0.6) is 0 Å². The summed E-state index contributed by atoms with van der Waals surface area (Å²) >= 11 is 4.88. The van der Waals surface area contributed by atoms with Crippen LogP contribution in [0.15, 0.2) is 0 Å². The molecule has 0 spiro atoms. The van der Waals surface area contributed by atoms with E-state index < -0.39 is 0 Å². The molecule has 2 atom stereocenters. The minimum absolute atomic E-state index is 0.0761. The molecular weight excluding hydrogens is 234 g/mol. The summed E-state index contributed by atoms with van der Waals surface area (Å²) in [7, 11) is 0. The van der Waals surface area contributed by atoms with E-state index in [0.29, 0.717) is 11.0 Å². The van der Waals surface area contributed by atoms with Gasteiger partial charge in [0.25, 0.3) is 0 Å². The summed E-state index contributed by atoms with van der Waals surface area (Å²) in [5, 5.41) is 0. The van der Waals surface area contributed by atoms with Crippen LogP contribution in [0.25, 0.3) is 0 Å². The molecule has 1 heterocycles. The van der Waals surface area contributed by atoms with Crippen molar-refractivity contribution < 1.29 is 4.79 Å². The highest BCUT2D eigenvalue weighted by Gasteiger charge is 2.31. The highest BCUT2D eigenvalue weighted by Crippen LogP contribution is 2.17. The molecule has 0 aromatic heterocycles. The van der Waals surface area contributed by atoms with Crippen LogP contribution in [0, 0.1) is 5.92 Å². The largest absolute Gasteiger partial charge is 0.393 e. The van der Waals surface area contributed by atoms with Gasteiger partial charge in [0.2, 0.25) is 5.91 Å². The third-order valence-corrected chi connectivity index (χ3v) is 3.95. The van der Waals surface area contributed by atoms with Crippen molar-refractivity contribution in [1.29, 1.82) is 0 Å². The zero-order valence-electron chi connectivity index (χ0n) is 11.0. The molecule has 1 amide bonds. The number of thiocarbonyl (C=S) groups is 1. The van der Waals surface area contributed by atoms with Crippen LogP contribution in [0.4, 0.5) is 0 Å². The van der Waals surface area contributed by atoms with E-state index in [9.17, 15) is 4.79 Å². The number of carbonyl (C=O) groups excluding carboxylic acids is 1. The molecule has 1 aliphatic heterocycles. The van der Waals surface area contributed by atoms with E-state index in [1.165, 1.54) is 0 Å². The van der Waals surface area contributed by atoms with Crippen LogP contribution in [0.1, 0.15) is 27.2 Å². The summed E-state index contributed by atoms with van der Waals surface area (Å²) in [4.78, 5) is 16.7. The summed E-state index contributed by atoms with van der Waals surface area (Å²) in [6, 6.07) is 0.493. The monoisotopic (exact) mass is 257 g/mol. The van der Waals surface area contributed by atoms with Gasteiger partial charge in [-0.1, -0.05) is 26.1 Å². The molecule has 2 unspecified atom stereocenters. The number of hydrogen-bond acceptors (Lipinski definition) is 3. The minimum atomic E-state index is -0.333. The normalized spacial score (nSPS) is 21.9. The highest BCUT2D eigenvalue weighted by molar-refractivity contribution is 7.80. The fourth-order valence-corrected chi connectivity index (χ4v) is 2.48. The van der Waals surface area contributed by atoms with E-state index in [1.54, 1.807) is 6.92 Å². The lowest BCUT2D eigenvalue weighted by atomic mass is 10.1. The Morgan fingerprint density at radius 3 is 2.59 bits per heavy atom. The minimum Gasteiger partial charge on any atom is -0.393 e. The van der Waals surface area contributed by atoms with Gasteiger partial charge in [-0.3, -0.25) is 9.69 Å². The maximum atomic E-state index is 12.1. The summed E-state index contributed by atoms with van der Waals surface area (Å²) in [5.41, 5.74) is 5.52. The summed E-state index contributed by atoms with van der Waals surface area (Å²) < 4.78 is 0. The molecule has 17 heavy (non-hydrogen) atoms. The second-order valence-corrected chi connectivity index (χ2v) is 5.04. The quantitative estimate of drug-likeness (QED) is 0.742. The predicted molar refractivity (Wildman–Crippen MR) is 73.9 cm³/mol. The molecular formula is C12H23N3OS. The molecule has 2 N–H and O–H groups in total. The molecule has 0 bridgehead atoms. The summed E-state index contributed by atoms with van der Waals surface area (Å²) in [5.74, 6) is -0.257. The lowest BCUT2D eigenvalue weighted by Gasteiger charge is -2.26. The lowest BCUT2D eigenvalue weighted by Crippen LogP contribution is -2.42. The van der Waals surface area contributed by atoms with Crippen molar-refractivity contribution in [3.05, 3.63) is 0 Å². The van der Waals surface area contributed by atoms with Crippen molar-refractivity contribution >= 4 is 23.1 Å². The number of nitrogens with two attached hydrogens (primary N) is 1. The first kappa shape index (κ1) is 14.4. The van der Waals surface area contributed by atoms with Gasteiger partial charge in [-0.15, -0.1) is 0 Å². The van der Waals surface area contributed by atoms with Crippen LogP contribution in [0.3, 0.4) is 0 Å². The van der Waals surface area contributed by atoms with E-state index in [1.807, 2.05) is 4.90 Å². The number of hydrogen-bond donors (Lipinski definition) is 1. The lowest BCUT2D eigenvalue weighted by molar-refractivity contribution is -0.132. The Morgan fingerprint density at radius 2 is 2.12 bits per heavy atom. The maximum absolute atomic E-state index is 12.1. The Morgan fingerprint density at radius 1 is 1.53 bits per heavy atom. The van der Waals surface area contributed by atoms with Gasteiger partial charge in [0.05, 0.1) is 10.9 Å². The molecule has 0 aromatic rings. The van der Waals surface area contributed by atoms with Crippen molar-refractivity contribution in [1.82, 2.24) is 9.80 Å². The molecule has 1 aliphatic rings. The predicted octanol–water partition coefficient (Wildman–Crippen LogP) is 0.851. The standard InChI is InChI=1S/C12H23N3OS/c1-4-14(5-2)10-6-7-15(8-10)12(16)9(3)11(13)17/h9-10H,4-8H2,1-3H3,(H2,13,17). The summed E-state index contributed by atoms with van der Waals surface area (Å²) in [6.45, 7) is 9.81. The second kappa shape index (κ2) is 6.31. The first-order valence-corrected chi connectivity index (χ1v) is 6.74. The Labute approximate surface area is 109 Å². The van der Waals surface area contributed by atoms with Crippen molar-refractivity contribution in [3.63, 3.8) is 0 Å². The SMILES string of the molecule is CCN(CC)C1CCN(C(=O)C(C)C(N)=S)C1. The average molecular weight is 257 g/mol. The zero-order valence-corrected chi connectivity index (χ0v) is 11.8. The van der Waals surface area contributed by atoms with E-state index in [4.69, 9.17) is 18.0 Å². The van der Waals surface area contributed by atoms with Gasteiger partial charge in [0, 0.05) is 19.1 Å². The molecule has 1 saturated heterocycles. The van der Waals surface area contributed by atoms with Gasteiger partial charge >= 0.3 is 0 Å². The van der Waals surface area contributed by atoms with Crippen LogP contribution in [-0.4, -0.2) is 52.9 Å². The number of likely N-dealkylation sites (tertiary alicyclic amines) is 1. The topological polar surface area (TPSA) is 49.6 Å². The van der Waals surface area contributed by atoms with Crippen LogP contribution in [-0.2, 0) is 4.79 Å². The van der Waals surface area contributed by atoms with Crippen LogP contribution in [0.2, 0.25) is 0 Å². The second-order valence-electron chi connectivity index (χ2n) is 4.57. The van der Waals surface area contributed by atoms with E-state index in [-0.39, 0.29) is 11.8 Å².